The fraction of sp³-hybridized carbons (Fsp3) is 1.00. The van der Waals surface area contributed by atoms with E-state index in [0.717, 1.165) is 0 Å². The van der Waals surface area contributed by atoms with E-state index in [0.29, 0.717) is 0 Å². The summed E-state index contributed by atoms with van der Waals surface area (Å²) >= 11 is 0. The predicted molar refractivity (Wildman–Crippen MR) is 37.7 cm³/mol. The van der Waals surface area contributed by atoms with Crippen LogP contribution in [0.2, 0.25) is 0 Å². The third-order valence-electron chi connectivity index (χ3n) is 2.11. The van der Waals surface area contributed by atoms with Gasteiger partial charge in [-0.3, -0.25) is 4.90 Å². The molecule has 1 saturated heterocycles. The largest absolute Gasteiger partial charge is 0.392 e. The normalized spacial score (nSPS) is 34.1. The molecule has 1 N–H and O–H groups in total. The number of rotatable bonds is 1. The van der Waals surface area contributed by atoms with Gasteiger partial charge in [0.15, 0.2) is 0 Å². The standard InChI is InChI=1S/C7H13F2NO/c1-5(11)6-3-7(8,9)4-10(6)2/h5-6,11H,3-4H2,1-2H3/t5-,6-/m0/s1. The van der Waals surface area contributed by atoms with E-state index in [2.05, 4.69) is 0 Å². The maximum absolute atomic E-state index is 12.7. The van der Waals surface area contributed by atoms with Gasteiger partial charge in [0.25, 0.3) is 5.92 Å². The summed E-state index contributed by atoms with van der Waals surface area (Å²) in [6, 6.07) is -0.384. The molecule has 0 amide bonds. The molecule has 0 aromatic heterocycles. The molecule has 0 bridgehead atoms. The molecule has 0 aromatic carbocycles. The Morgan fingerprint density at radius 1 is 1.64 bits per heavy atom. The van der Waals surface area contributed by atoms with E-state index in [1.165, 1.54) is 4.90 Å². The van der Waals surface area contributed by atoms with Gasteiger partial charge in [-0.25, -0.2) is 8.78 Å². The van der Waals surface area contributed by atoms with Crippen LogP contribution in [0.3, 0.4) is 0 Å². The van der Waals surface area contributed by atoms with Gasteiger partial charge < -0.3 is 5.11 Å². The Bertz CT molecular complexity index is 149. The molecule has 1 fully saturated rings. The average molecular weight is 165 g/mol. The summed E-state index contributed by atoms with van der Waals surface area (Å²) in [5.41, 5.74) is 0. The monoisotopic (exact) mass is 165 g/mol. The number of aliphatic hydroxyl groups is 1. The van der Waals surface area contributed by atoms with E-state index >= 15 is 0 Å². The number of likely N-dealkylation sites (tertiary alicyclic amines) is 1. The van der Waals surface area contributed by atoms with Gasteiger partial charge >= 0.3 is 0 Å². The summed E-state index contributed by atoms with van der Waals surface area (Å²) in [4.78, 5) is 1.50. The highest BCUT2D eigenvalue weighted by Gasteiger charge is 2.44. The minimum absolute atomic E-state index is 0.221. The maximum atomic E-state index is 12.7. The van der Waals surface area contributed by atoms with Crippen LogP contribution >= 0.6 is 0 Å². The van der Waals surface area contributed by atoms with Crippen LogP contribution in [0.5, 0.6) is 0 Å². The van der Waals surface area contributed by atoms with Crippen molar-refractivity contribution in [3.8, 4) is 0 Å². The molecule has 0 unspecified atom stereocenters. The summed E-state index contributed by atoms with van der Waals surface area (Å²) in [6.07, 6.45) is -0.894. The Balaban J connectivity index is 2.59. The first-order valence-corrected chi connectivity index (χ1v) is 3.68. The maximum Gasteiger partial charge on any atom is 0.262 e. The second-order valence-electron chi connectivity index (χ2n) is 3.28. The van der Waals surface area contributed by atoms with Gasteiger partial charge in [0.1, 0.15) is 0 Å². The molecule has 2 nitrogen and oxygen atoms in total. The van der Waals surface area contributed by atoms with E-state index in [4.69, 9.17) is 5.11 Å². The van der Waals surface area contributed by atoms with Crippen LogP contribution in [0.4, 0.5) is 8.78 Å². The van der Waals surface area contributed by atoms with Gasteiger partial charge in [-0.15, -0.1) is 0 Å². The van der Waals surface area contributed by atoms with Crippen LogP contribution in [0.25, 0.3) is 0 Å². The zero-order valence-electron chi connectivity index (χ0n) is 6.72. The van der Waals surface area contributed by atoms with E-state index in [9.17, 15) is 8.78 Å². The van der Waals surface area contributed by atoms with Crippen molar-refractivity contribution in [1.82, 2.24) is 4.90 Å². The van der Waals surface area contributed by atoms with Crippen molar-refractivity contribution in [2.75, 3.05) is 13.6 Å². The topological polar surface area (TPSA) is 23.5 Å². The minimum atomic E-state index is -2.61. The zero-order valence-corrected chi connectivity index (χ0v) is 6.72. The first-order chi connectivity index (χ1) is 4.92. The van der Waals surface area contributed by atoms with Gasteiger partial charge in [0, 0.05) is 12.5 Å². The van der Waals surface area contributed by atoms with Gasteiger partial charge in [-0.05, 0) is 14.0 Å². The molecule has 0 aliphatic carbocycles. The first kappa shape index (κ1) is 8.87. The third kappa shape index (κ3) is 1.87. The summed E-state index contributed by atoms with van der Waals surface area (Å²) in [5.74, 6) is -2.61. The fourth-order valence-corrected chi connectivity index (χ4v) is 1.55. The van der Waals surface area contributed by atoms with Crippen LogP contribution in [0.1, 0.15) is 13.3 Å². The number of likely N-dealkylation sites (N-methyl/N-ethyl adjacent to an activating group) is 1. The van der Waals surface area contributed by atoms with E-state index in [-0.39, 0.29) is 19.0 Å². The Morgan fingerprint density at radius 2 is 2.18 bits per heavy atom. The fourth-order valence-electron chi connectivity index (χ4n) is 1.55. The number of nitrogens with zero attached hydrogens (tertiary/aromatic N) is 1. The van der Waals surface area contributed by atoms with Crippen LogP contribution in [0.15, 0.2) is 0 Å². The number of alkyl halides is 2. The van der Waals surface area contributed by atoms with Crippen LogP contribution < -0.4 is 0 Å². The lowest BCUT2D eigenvalue weighted by Gasteiger charge is -2.20. The molecule has 0 radical (unpaired) electrons. The summed E-state index contributed by atoms with van der Waals surface area (Å²) in [7, 11) is 1.61. The Hall–Kier alpha value is -0.220. The van der Waals surface area contributed by atoms with E-state index in [1.54, 1.807) is 14.0 Å². The molecule has 0 spiro atoms. The quantitative estimate of drug-likeness (QED) is 0.618. The third-order valence-corrected chi connectivity index (χ3v) is 2.11. The highest BCUT2D eigenvalue weighted by molar-refractivity contribution is 4.90. The molecule has 0 aromatic rings. The van der Waals surface area contributed by atoms with Gasteiger partial charge in [0.05, 0.1) is 12.6 Å². The van der Waals surface area contributed by atoms with E-state index in [1.807, 2.05) is 0 Å². The molecule has 11 heavy (non-hydrogen) atoms. The van der Waals surface area contributed by atoms with Crippen molar-refractivity contribution in [1.29, 1.82) is 0 Å². The molecule has 4 heteroatoms. The SMILES string of the molecule is C[C@H](O)[C@@H]1CC(F)(F)CN1C. The summed E-state index contributed by atoms with van der Waals surface area (Å²) in [6.45, 7) is 1.31. The molecule has 1 aliphatic heterocycles. The Kier molecular flexibility index (Phi) is 2.16. The lowest BCUT2D eigenvalue weighted by Crippen LogP contribution is -2.34. The molecule has 1 aliphatic rings. The van der Waals surface area contributed by atoms with Crippen molar-refractivity contribution < 1.29 is 13.9 Å². The number of halogens is 2. The van der Waals surface area contributed by atoms with Crippen molar-refractivity contribution in [3.63, 3.8) is 0 Å². The molecule has 1 rings (SSSR count). The zero-order chi connectivity index (χ0) is 8.65. The highest BCUT2D eigenvalue weighted by atomic mass is 19.3. The Labute approximate surface area is 64.8 Å². The summed E-state index contributed by atoms with van der Waals surface area (Å²) in [5, 5.41) is 9.08. The minimum Gasteiger partial charge on any atom is -0.392 e. The van der Waals surface area contributed by atoms with Crippen molar-refractivity contribution in [2.24, 2.45) is 0 Å². The number of hydrogen-bond donors (Lipinski definition) is 1. The van der Waals surface area contributed by atoms with Crippen molar-refractivity contribution in [3.05, 3.63) is 0 Å². The molecule has 66 valence electrons. The lowest BCUT2D eigenvalue weighted by atomic mass is 10.1. The Morgan fingerprint density at radius 3 is 2.36 bits per heavy atom. The van der Waals surface area contributed by atoms with E-state index < -0.39 is 12.0 Å². The molecular weight excluding hydrogens is 152 g/mol. The van der Waals surface area contributed by atoms with Gasteiger partial charge in [-0.2, -0.15) is 0 Å². The number of aliphatic hydroxyl groups excluding tert-OH is 1. The van der Waals surface area contributed by atoms with Crippen LogP contribution in [0, 0.1) is 0 Å². The number of hydrogen-bond acceptors (Lipinski definition) is 2. The van der Waals surface area contributed by atoms with Gasteiger partial charge in [-0.1, -0.05) is 0 Å². The van der Waals surface area contributed by atoms with Gasteiger partial charge in [0.2, 0.25) is 0 Å². The van der Waals surface area contributed by atoms with Crippen LogP contribution in [-0.4, -0.2) is 41.7 Å². The first-order valence-electron chi connectivity index (χ1n) is 3.68. The molecule has 2 atom stereocenters. The highest BCUT2D eigenvalue weighted by Crippen LogP contribution is 2.31. The second-order valence-corrected chi connectivity index (χ2v) is 3.28. The average Bonchev–Trinajstić information content (AvgIpc) is 2.05. The molecule has 1 heterocycles. The van der Waals surface area contributed by atoms with Crippen LogP contribution in [-0.2, 0) is 0 Å². The van der Waals surface area contributed by atoms with Crippen molar-refractivity contribution >= 4 is 0 Å². The lowest BCUT2D eigenvalue weighted by molar-refractivity contribution is 0.0124. The van der Waals surface area contributed by atoms with Crippen molar-refractivity contribution in [2.45, 2.75) is 31.4 Å². The molecule has 0 saturated carbocycles. The second kappa shape index (κ2) is 2.68. The predicted octanol–water partition coefficient (Wildman–Crippen LogP) is 0.707. The molecular formula is C7H13F2NO. The smallest absolute Gasteiger partial charge is 0.262 e. The summed E-state index contributed by atoms with van der Waals surface area (Å²) < 4.78 is 25.3.